The molecular formula is C27H30FN3O2. The predicted molar refractivity (Wildman–Crippen MR) is 126 cm³/mol. The van der Waals surface area contributed by atoms with E-state index in [0.29, 0.717) is 25.3 Å². The summed E-state index contributed by atoms with van der Waals surface area (Å²) in [6, 6.07) is 16.3. The second-order valence-electron chi connectivity index (χ2n) is 9.25. The van der Waals surface area contributed by atoms with Gasteiger partial charge in [-0.15, -0.1) is 0 Å². The van der Waals surface area contributed by atoms with Crippen LogP contribution in [0.2, 0.25) is 0 Å². The van der Waals surface area contributed by atoms with Gasteiger partial charge in [0.15, 0.2) is 0 Å². The minimum absolute atomic E-state index is 0.00261. The van der Waals surface area contributed by atoms with E-state index in [2.05, 4.69) is 0 Å². The first-order valence-corrected chi connectivity index (χ1v) is 12.0. The van der Waals surface area contributed by atoms with E-state index in [1.165, 1.54) is 18.6 Å². The molecule has 2 aromatic carbocycles. The number of benzene rings is 2. The molecule has 3 heterocycles. The molecule has 2 fully saturated rings. The summed E-state index contributed by atoms with van der Waals surface area (Å²) < 4.78 is 15.4. The first kappa shape index (κ1) is 21.7. The van der Waals surface area contributed by atoms with Crippen LogP contribution >= 0.6 is 0 Å². The first-order valence-electron chi connectivity index (χ1n) is 12.0. The summed E-state index contributed by atoms with van der Waals surface area (Å²) >= 11 is 0. The largest absolute Gasteiger partial charge is 0.342 e. The van der Waals surface area contributed by atoms with Crippen LogP contribution in [0.15, 0.2) is 54.6 Å². The highest BCUT2D eigenvalue weighted by molar-refractivity contribution is 5.99. The monoisotopic (exact) mass is 447 g/mol. The van der Waals surface area contributed by atoms with Crippen molar-refractivity contribution in [3.63, 3.8) is 0 Å². The average molecular weight is 448 g/mol. The molecule has 0 bridgehead atoms. The molecule has 3 aromatic rings. The summed E-state index contributed by atoms with van der Waals surface area (Å²) in [5, 5.41) is 1.01. The SMILES string of the molecule is O=C(c1cc2ccccc2n1Cc1ccc(F)cc1)N1CCC(C(=O)N2CCCCC2)CC1. The quantitative estimate of drug-likeness (QED) is 0.582. The van der Waals surface area contributed by atoms with Crippen molar-refractivity contribution in [1.82, 2.24) is 14.4 Å². The summed E-state index contributed by atoms with van der Waals surface area (Å²) in [5.74, 6) is 0.0241. The zero-order chi connectivity index (χ0) is 22.8. The summed E-state index contributed by atoms with van der Waals surface area (Å²) in [6.07, 6.45) is 4.85. The number of likely N-dealkylation sites (tertiary alicyclic amines) is 2. The molecule has 0 unspecified atom stereocenters. The minimum atomic E-state index is -0.269. The van der Waals surface area contributed by atoms with Crippen molar-refractivity contribution in [3.05, 3.63) is 71.7 Å². The lowest BCUT2D eigenvalue weighted by atomic mass is 9.94. The van der Waals surface area contributed by atoms with Gasteiger partial charge in [0.25, 0.3) is 5.91 Å². The van der Waals surface area contributed by atoms with E-state index < -0.39 is 0 Å². The molecule has 2 aliphatic rings. The van der Waals surface area contributed by atoms with Crippen LogP contribution in [0, 0.1) is 11.7 Å². The number of carbonyl (C=O) groups is 2. The number of piperidine rings is 2. The summed E-state index contributed by atoms with van der Waals surface area (Å²) in [7, 11) is 0. The number of hydrogen-bond acceptors (Lipinski definition) is 2. The average Bonchev–Trinajstić information content (AvgIpc) is 3.23. The highest BCUT2D eigenvalue weighted by Gasteiger charge is 2.32. The Bertz CT molecular complexity index is 1140. The van der Waals surface area contributed by atoms with Gasteiger partial charge in [-0.05, 0) is 61.9 Å². The molecule has 2 amide bonds. The van der Waals surface area contributed by atoms with Crippen molar-refractivity contribution in [1.29, 1.82) is 0 Å². The van der Waals surface area contributed by atoms with Gasteiger partial charge in [-0.25, -0.2) is 4.39 Å². The third-order valence-electron chi connectivity index (χ3n) is 7.08. The predicted octanol–water partition coefficient (Wildman–Crippen LogP) is 4.69. The van der Waals surface area contributed by atoms with Crippen molar-refractivity contribution in [2.75, 3.05) is 26.2 Å². The molecule has 0 N–H and O–H groups in total. The molecule has 6 heteroatoms. The fourth-order valence-corrected chi connectivity index (χ4v) is 5.19. The van der Waals surface area contributed by atoms with Gasteiger partial charge < -0.3 is 14.4 Å². The number of aromatic nitrogens is 1. The van der Waals surface area contributed by atoms with E-state index in [1.807, 2.05) is 44.7 Å². The van der Waals surface area contributed by atoms with Crippen molar-refractivity contribution in [2.24, 2.45) is 5.92 Å². The fourth-order valence-electron chi connectivity index (χ4n) is 5.19. The van der Waals surface area contributed by atoms with E-state index >= 15 is 0 Å². The summed E-state index contributed by atoms with van der Waals surface area (Å²) in [5.41, 5.74) is 2.57. The smallest absolute Gasteiger partial charge is 0.270 e. The lowest BCUT2D eigenvalue weighted by Gasteiger charge is -2.35. The molecule has 5 nitrogen and oxygen atoms in total. The number of carbonyl (C=O) groups excluding carboxylic acids is 2. The Balaban J connectivity index is 1.33. The van der Waals surface area contributed by atoms with Crippen molar-refractivity contribution in [2.45, 2.75) is 38.6 Å². The number of rotatable bonds is 4. The molecule has 1 aromatic heterocycles. The standard InChI is InChI=1S/C27H30FN3O2/c28-23-10-8-20(9-11-23)19-31-24-7-3-2-6-22(24)18-25(31)27(33)30-16-12-21(13-17-30)26(32)29-14-4-1-5-15-29/h2-3,6-11,18,21H,1,4-5,12-17,19H2. The summed E-state index contributed by atoms with van der Waals surface area (Å²) in [4.78, 5) is 30.4. The number of nitrogens with zero attached hydrogens (tertiary/aromatic N) is 3. The Morgan fingerprint density at radius 2 is 1.55 bits per heavy atom. The Hall–Kier alpha value is -3.15. The Morgan fingerprint density at radius 3 is 2.27 bits per heavy atom. The number of fused-ring (bicyclic) bond motifs is 1. The maximum Gasteiger partial charge on any atom is 0.270 e. The summed E-state index contributed by atoms with van der Waals surface area (Å²) in [6.45, 7) is 3.45. The molecule has 5 rings (SSSR count). The van der Waals surface area contributed by atoms with Gasteiger partial charge in [-0.1, -0.05) is 30.3 Å². The van der Waals surface area contributed by atoms with Crippen LogP contribution in [0.25, 0.3) is 10.9 Å². The van der Waals surface area contributed by atoms with Crippen LogP contribution in [0.1, 0.15) is 48.2 Å². The third-order valence-corrected chi connectivity index (χ3v) is 7.08. The lowest BCUT2D eigenvalue weighted by molar-refractivity contribution is -0.137. The van der Waals surface area contributed by atoms with Crippen molar-refractivity contribution < 1.29 is 14.0 Å². The van der Waals surface area contributed by atoms with E-state index in [-0.39, 0.29) is 23.5 Å². The maximum absolute atomic E-state index is 13.6. The number of halogens is 1. The molecule has 2 aliphatic heterocycles. The Morgan fingerprint density at radius 1 is 0.848 bits per heavy atom. The highest BCUT2D eigenvalue weighted by atomic mass is 19.1. The van der Waals surface area contributed by atoms with Crippen LogP contribution in [0.3, 0.4) is 0 Å². The zero-order valence-corrected chi connectivity index (χ0v) is 18.9. The van der Waals surface area contributed by atoms with E-state index in [9.17, 15) is 14.0 Å². The minimum Gasteiger partial charge on any atom is -0.342 e. The van der Waals surface area contributed by atoms with Gasteiger partial charge in [0.2, 0.25) is 5.91 Å². The van der Waals surface area contributed by atoms with Gasteiger partial charge in [0.05, 0.1) is 0 Å². The molecule has 0 aliphatic carbocycles. The molecule has 0 saturated carbocycles. The van der Waals surface area contributed by atoms with Crippen molar-refractivity contribution >= 4 is 22.7 Å². The fraction of sp³-hybridized carbons (Fsp3) is 0.407. The number of amides is 2. The van der Waals surface area contributed by atoms with Crippen LogP contribution in [0.5, 0.6) is 0 Å². The van der Waals surface area contributed by atoms with Crippen LogP contribution < -0.4 is 0 Å². The number of para-hydroxylation sites is 1. The Kier molecular flexibility index (Phi) is 6.16. The van der Waals surface area contributed by atoms with Gasteiger partial charge in [0.1, 0.15) is 11.5 Å². The first-order chi connectivity index (χ1) is 16.1. The van der Waals surface area contributed by atoms with Crippen LogP contribution in [0.4, 0.5) is 4.39 Å². The maximum atomic E-state index is 13.6. The third kappa shape index (κ3) is 4.52. The molecule has 0 atom stereocenters. The number of hydrogen-bond donors (Lipinski definition) is 0. The Labute approximate surface area is 193 Å². The molecule has 172 valence electrons. The van der Waals surface area contributed by atoms with E-state index in [1.54, 1.807) is 12.1 Å². The lowest BCUT2D eigenvalue weighted by Crippen LogP contribution is -2.46. The van der Waals surface area contributed by atoms with Crippen LogP contribution in [-0.4, -0.2) is 52.4 Å². The zero-order valence-electron chi connectivity index (χ0n) is 18.9. The van der Waals surface area contributed by atoms with Gasteiger partial charge in [-0.2, -0.15) is 0 Å². The topological polar surface area (TPSA) is 45.6 Å². The molecular weight excluding hydrogens is 417 g/mol. The molecule has 0 radical (unpaired) electrons. The second-order valence-corrected chi connectivity index (χ2v) is 9.25. The highest BCUT2D eigenvalue weighted by Crippen LogP contribution is 2.26. The van der Waals surface area contributed by atoms with Crippen molar-refractivity contribution in [3.8, 4) is 0 Å². The molecule has 0 spiro atoms. The van der Waals surface area contributed by atoms with Gasteiger partial charge in [0, 0.05) is 49.5 Å². The molecule has 33 heavy (non-hydrogen) atoms. The normalized spacial score (nSPS) is 17.5. The molecule has 2 saturated heterocycles. The van der Waals surface area contributed by atoms with Crippen LogP contribution in [-0.2, 0) is 11.3 Å². The van der Waals surface area contributed by atoms with Gasteiger partial charge >= 0.3 is 0 Å². The van der Waals surface area contributed by atoms with E-state index in [4.69, 9.17) is 0 Å². The van der Waals surface area contributed by atoms with Gasteiger partial charge in [-0.3, -0.25) is 9.59 Å². The van der Waals surface area contributed by atoms with E-state index in [0.717, 1.165) is 55.2 Å². The second kappa shape index (κ2) is 9.38.